The highest BCUT2D eigenvalue weighted by atomic mass is 16.6. The summed E-state index contributed by atoms with van der Waals surface area (Å²) in [5.41, 5.74) is 0.361. The van der Waals surface area contributed by atoms with Crippen LogP contribution in [0.25, 0.3) is 0 Å². The molecule has 6 heteroatoms. The Morgan fingerprint density at radius 3 is 2.82 bits per heavy atom. The number of nitrogens with zero attached hydrogens (tertiary/aromatic N) is 1. The van der Waals surface area contributed by atoms with E-state index in [1.807, 2.05) is 6.92 Å². The van der Waals surface area contributed by atoms with Crippen molar-refractivity contribution >= 4 is 11.4 Å². The molecule has 0 radical (unpaired) electrons. The van der Waals surface area contributed by atoms with Crippen molar-refractivity contribution in [3.63, 3.8) is 0 Å². The van der Waals surface area contributed by atoms with Crippen LogP contribution in [-0.4, -0.2) is 16.5 Å². The lowest BCUT2D eigenvalue weighted by Gasteiger charge is -2.10. The van der Waals surface area contributed by atoms with Gasteiger partial charge in [0.15, 0.2) is 0 Å². The van der Waals surface area contributed by atoms with Gasteiger partial charge in [0.1, 0.15) is 0 Å². The van der Waals surface area contributed by atoms with Crippen molar-refractivity contribution in [2.45, 2.75) is 32.1 Å². The quantitative estimate of drug-likeness (QED) is 0.605. The average Bonchev–Trinajstić information content (AvgIpc) is 3.10. The number of anilines is 1. The van der Waals surface area contributed by atoms with Gasteiger partial charge in [-0.05, 0) is 25.2 Å². The van der Waals surface area contributed by atoms with Crippen LogP contribution >= 0.6 is 0 Å². The van der Waals surface area contributed by atoms with Gasteiger partial charge >= 0.3 is 11.2 Å². The van der Waals surface area contributed by atoms with Crippen molar-refractivity contribution in [2.75, 3.05) is 11.9 Å². The van der Waals surface area contributed by atoms with Gasteiger partial charge in [0.05, 0.1) is 16.2 Å². The molecular weight excluding hydrogens is 222 g/mol. The summed E-state index contributed by atoms with van der Waals surface area (Å²) in [5.74, 6) is 0.164. The van der Waals surface area contributed by atoms with Crippen LogP contribution in [0.2, 0.25) is 0 Å². The lowest BCUT2D eigenvalue weighted by atomic mass is 10.1. The molecule has 0 saturated heterocycles. The summed E-state index contributed by atoms with van der Waals surface area (Å²) in [5, 5.41) is 14.1. The molecule has 0 aliphatic heterocycles. The van der Waals surface area contributed by atoms with E-state index in [1.165, 1.54) is 0 Å². The number of aromatic amines is 1. The molecule has 0 unspecified atom stereocenters. The van der Waals surface area contributed by atoms with Gasteiger partial charge in [-0.3, -0.25) is 14.9 Å². The fourth-order valence-corrected chi connectivity index (χ4v) is 1.91. The lowest BCUT2D eigenvalue weighted by Crippen LogP contribution is -2.16. The van der Waals surface area contributed by atoms with E-state index in [4.69, 9.17) is 0 Å². The van der Waals surface area contributed by atoms with Crippen molar-refractivity contribution in [3.8, 4) is 0 Å². The van der Waals surface area contributed by atoms with Crippen LogP contribution in [0.5, 0.6) is 0 Å². The van der Waals surface area contributed by atoms with E-state index in [9.17, 15) is 14.9 Å². The number of nitro groups is 1. The average molecular weight is 237 g/mol. The molecule has 2 N–H and O–H groups in total. The van der Waals surface area contributed by atoms with E-state index < -0.39 is 10.5 Å². The maximum atomic E-state index is 11.5. The Labute approximate surface area is 98.2 Å². The van der Waals surface area contributed by atoms with Gasteiger partial charge in [0, 0.05) is 12.7 Å². The molecule has 1 saturated carbocycles. The minimum atomic E-state index is -0.612. The third-order valence-electron chi connectivity index (χ3n) is 2.84. The van der Waals surface area contributed by atoms with Gasteiger partial charge in [0.25, 0.3) is 0 Å². The van der Waals surface area contributed by atoms with Crippen molar-refractivity contribution in [1.29, 1.82) is 0 Å². The number of rotatable bonds is 5. The molecular formula is C11H15N3O3. The molecule has 1 aliphatic rings. The summed E-state index contributed by atoms with van der Waals surface area (Å²) in [6.07, 6.45) is 4.31. The van der Waals surface area contributed by atoms with Gasteiger partial charge < -0.3 is 10.3 Å². The van der Waals surface area contributed by atoms with Crippen molar-refractivity contribution < 1.29 is 4.92 Å². The summed E-state index contributed by atoms with van der Waals surface area (Å²) in [6.45, 7) is 2.76. The molecule has 1 heterocycles. The molecule has 2 rings (SSSR count). The third-order valence-corrected chi connectivity index (χ3v) is 2.84. The third kappa shape index (κ3) is 2.30. The Hall–Kier alpha value is -1.85. The number of aromatic nitrogens is 1. The molecule has 92 valence electrons. The molecule has 17 heavy (non-hydrogen) atoms. The highest BCUT2D eigenvalue weighted by Gasteiger charge is 2.35. The smallest absolute Gasteiger partial charge is 0.339 e. The van der Waals surface area contributed by atoms with E-state index >= 15 is 0 Å². The van der Waals surface area contributed by atoms with Crippen LogP contribution in [0, 0.1) is 10.1 Å². The predicted octanol–water partition coefficient (Wildman–Crippen LogP) is 1.98. The van der Waals surface area contributed by atoms with Gasteiger partial charge in [-0.1, -0.05) is 6.92 Å². The van der Waals surface area contributed by atoms with E-state index in [2.05, 4.69) is 10.3 Å². The molecule has 1 aromatic heterocycles. The van der Waals surface area contributed by atoms with Crippen LogP contribution in [0.15, 0.2) is 11.0 Å². The zero-order chi connectivity index (χ0) is 12.4. The van der Waals surface area contributed by atoms with Crippen LogP contribution in [0.3, 0.4) is 0 Å². The fraction of sp³-hybridized carbons (Fsp3) is 0.545. The number of pyridine rings is 1. The van der Waals surface area contributed by atoms with E-state index in [-0.39, 0.29) is 11.6 Å². The van der Waals surface area contributed by atoms with Crippen LogP contribution in [-0.2, 0) is 0 Å². The first-order chi connectivity index (χ1) is 8.15. The van der Waals surface area contributed by atoms with Gasteiger partial charge in [-0.15, -0.1) is 0 Å². The maximum absolute atomic E-state index is 11.5. The molecule has 0 amide bonds. The van der Waals surface area contributed by atoms with Crippen molar-refractivity contribution in [1.82, 2.24) is 4.98 Å². The number of H-pyrrole nitrogens is 1. The minimum absolute atomic E-state index is 0.164. The number of hydrogen-bond acceptors (Lipinski definition) is 4. The molecule has 6 nitrogen and oxygen atoms in total. The highest BCUT2D eigenvalue weighted by molar-refractivity contribution is 5.61. The molecule has 0 spiro atoms. The molecule has 1 fully saturated rings. The Kier molecular flexibility index (Phi) is 3.12. The van der Waals surface area contributed by atoms with Crippen molar-refractivity contribution in [2.24, 2.45) is 0 Å². The van der Waals surface area contributed by atoms with E-state index in [0.29, 0.717) is 11.3 Å². The van der Waals surface area contributed by atoms with Gasteiger partial charge in [-0.2, -0.15) is 0 Å². The normalized spacial score (nSPS) is 14.6. The van der Waals surface area contributed by atoms with Gasteiger partial charge in [0.2, 0.25) is 0 Å². The zero-order valence-electron chi connectivity index (χ0n) is 9.66. The Bertz CT molecular complexity index is 491. The summed E-state index contributed by atoms with van der Waals surface area (Å²) in [4.78, 5) is 24.3. The number of hydrogen-bond donors (Lipinski definition) is 2. The summed E-state index contributed by atoms with van der Waals surface area (Å²) < 4.78 is 0. The molecule has 0 atom stereocenters. The minimum Gasteiger partial charge on any atom is -0.383 e. The molecule has 1 aromatic rings. The second-order valence-electron chi connectivity index (χ2n) is 4.25. The Balaban J connectivity index is 2.48. The SMILES string of the molecule is CCCNc1c[nH]c(=O)c([N+](=O)[O-])c1C1CC1. The van der Waals surface area contributed by atoms with Crippen LogP contribution in [0.1, 0.15) is 37.7 Å². The Morgan fingerprint density at radius 2 is 2.29 bits per heavy atom. The summed E-state index contributed by atoms with van der Waals surface area (Å²) in [7, 11) is 0. The van der Waals surface area contributed by atoms with E-state index in [0.717, 1.165) is 25.8 Å². The first-order valence-electron chi connectivity index (χ1n) is 5.79. The van der Waals surface area contributed by atoms with Crippen LogP contribution in [0.4, 0.5) is 11.4 Å². The van der Waals surface area contributed by atoms with Crippen molar-refractivity contribution in [3.05, 3.63) is 32.2 Å². The van der Waals surface area contributed by atoms with Gasteiger partial charge in [-0.25, -0.2) is 0 Å². The largest absolute Gasteiger partial charge is 0.383 e. The maximum Gasteiger partial charge on any atom is 0.339 e. The standard InChI is InChI=1S/C11H15N3O3/c1-2-5-12-8-6-13-11(15)10(14(16)17)9(8)7-3-4-7/h6-7,12H,2-5H2,1H3,(H,13,15). The second-order valence-corrected chi connectivity index (χ2v) is 4.25. The van der Waals surface area contributed by atoms with E-state index in [1.54, 1.807) is 6.20 Å². The zero-order valence-corrected chi connectivity index (χ0v) is 9.66. The lowest BCUT2D eigenvalue weighted by molar-refractivity contribution is -0.387. The molecule has 1 aliphatic carbocycles. The predicted molar refractivity (Wildman–Crippen MR) is 64.5 cm³/mol. The second kappa shape index (κ2) is 4.57. The fourth-order valence-electron chi connectivity index (χ4n) is 1.91. The molecule has 0 aromatic carbocycles. The Morgan fingerprint density at radius 1 is 1.59 bits per heavy atom. The number of nitrogens with one attached hydrogen (secondary N) is 2. The summed E-state index contributed by atoms with van der Waals surface area (Å²) in [6, 6.07) is 0. The first-order valence-corrected chi connectivity index (χ1v) is 5.79. The first kappa shape index (κ1) is 11.6. The molecule has 0 bridgehead atoms. The summed E-state index contributed by atoms with van der Waals surface area (Å²) >= 11 is 0. The van der Waals surface area contributed by atoms with Crippen LogP contribution < -0.4 is 10.9 Å². The highest BCUT2D eigenvalue weighted by Crippen LogP contribution is 2.46. The topological polar surface area (TPSA) is 88.0 Å². The monoisotopic (exact) mass is 237 g/mol.